The highest BCUT2D eigenvalue weighted by Gasteiger charge is 2.21. The molecular weight excluding hydrogens is 267 g/mol. The van der Waals surface area contributed by atoms with E-state index in [0.717, 1.165) is 0 Å². The van der Waals surface area contributed by atoms with Crippen molar-refractivity contribution in [1.29, 1.82) is 0 Å². The smallest absolute Gasteiger partial charge is 0.233 e. The molecule has 1 aromatic rings. The molecule has 19 heavy (non-hydrogen) atoms. The SMILES string of the molecule is CC1CN(C(=O)CSc2ccc(N)cc2F)CCO1. The minimum Gasteiger partial charge on any atom is -0.399 e. The van der Waals surface area contributed by atoms with E-state index in [4.69, 9.17) is 10.5 Å². The van der Waals surface area contributed by atoms with Crippen molar-refractivity contribution >= 4 is 23.4 Å². The lowest BCUT2D eigenvalue weighted by Gasteiger charge is -2.31. The van der Waals surface area contributed by atoms with Gasteiger partial charge in [0.25, 0.3) is 0 Å². The molecule has 1 aliphatic heterocycles. The van der Waals surface area contributed by atoms with Gasteiger partial charge in [0.2, 0.25) is 5.91 Å². The number of nitrogens with two attached hydrogens (primary N) is 1. The van der Waals surface area contributed by atoms with Gasteiger partial charge < -0.3 is 15.4 Å². The van der Waals surface area contributed by atoms with E-state index in [1.54, 1.807) is 17.0 Å². The number of thioether (sulfide) groups is 1. The van der Waals surface area contributed by atoms with Crippen molar-refractivity contribution in [2.45, 2.75) is 17.9 Å². The number of nitrogen functional groups attached to an aromatic ring is 1. The molecule has 1 saturated heterocycles. The van der Waals surface area contributed by atoms with Gasteiger partial charge in [0.15, 0.2) is 0 Å². The highest BCUT2D eigenvalue weighted by atomic mass is 32.2. The molecule has 1 atom stereocenters. The molecular formula is C13H17FN2O2S. The van der Waals surface area contributed by atoms with Crippen LogP contribution < -0.4 is 5.73 Å². The topological polar surface area (TPSA) is 55.6 Å². The predicted molar refractivity (Wildman–Crippen MR) is 73.5 cm³/mol. The number of morpholine rings is 1. The number of rotatable bonds is 3. The summed E-state index contributed by atoms with van der Waals surface area (Å²) < 4.78 is 18.9. The molecule has 2 N–H and O–H groups in total. The number of carbonyl (C=O) groups is 1. The fraction of sp³-hybridized carbons (Fsp3) is 0.462. The van der Waals surface area contributed by atoms with Gasteiger partial charge in [-0.1, -0.05) is 0 Å². The molecule has 1 aromatic carbocycles. The van der Waals surface area contributed by atoms with E-state index < -0.39 is 0 Å². The van der Waals surface area contributed by atoms with Gasteiger partial charge in [0.1, 0.15) is 5.82 Å². The van der Waals surface area contributed by atoms with Gasteiger partial charge in [-0.3, -0.25) is 4.79 Å². The van der Waals surface area contributed by atoms with E-state index in [9.17, 15) is 9.18 Å². The molecule has 6 heteroatoms. The first kappa shape index (κ1) is 14.1. The maximum absolute atomic E-state index is 13.6. The van der Waals surface area contributed by atoms with Crippen LogP contribution in [-0.2, 0) is 9.53 Å². The third-order valence-corrected chi connectivity index (χ3v) is 3.93. The number of amides is 1. The number of ether oxygens (including phenoxy) is 1. The Bertz CT molecular complexity index is 470. The highest BCUT2D eigenvalue weighted by Crippen LogP contribution is 2.24. The van der Waals surface area contributed by atoms with Crippen LogP contribution in [0.3, 0.4) is 0 Å². The minimum atomic E-state index is -0.381. The van der Waals surface area contributed by atoms with Crippen LogP contribution in [-0.4, -0.2) is 42.4 Å². The lowest BCUT2D eigenvalue weighted by molar-refractivity contribution is -0.135. The van der Waals surface area contributed by atoms with E-state index in [1.165, 1.54) is 17.8 Å². The molecule has 0 saturated carbocycles. The van der Waals surface area contributed by atoms with Gasteiger partial charge in [-0.2, -0.15) is 0 Å². The summed E-state index contributed by atoms with van der Waals surface area (Å²) in [5, 5.41) is 0. The Morgan fingerprint density at radius 2 is 2.42 bits per heavy atom. The Kier molecular flexibility index (Phi) is 4.66. The molecule has 0 radical (unpaired) electrons. The van der Waals surface area contributed by atoms with E-state index >= 15 is 0 Å². The van der Waals surface area contributed by atoms with E-state index in [-0.39, 0.29) is 23.6 Å². The van der Waals surface area contributed by atoms with Crippen LogP contribution in [0.15, 0.2) is 23.1 Å². The maximum Gasteiger partial charge on any atom is 0.233 e. The number of halogens is 1. The highest BCUT2D eigenvalue weighted by molar-refractivity contribution is 8.00. The summed E-state index contributed by atoms with van der Waals surface area (Å²) in [5.41, 5.74) is 5.86. The van der Waals surface area contributed by atoms with Crippen LogP contribution in [0, 0.1) is 5.82 Å². The second-order valence-corrected chi connectivity index (χ2v) is 5.52. The zero-order valence-electron chi connectivity index (χ0n) is 10.8. The minimum absolute atomic E-state index is 0.0105. The summed E-state index contributed by atoms with van der Waals surface area (Å²) in [4.78, 5) is 14.2. The summed E-state index contributed by atoms with van der Waals surface area (Å²) >= 11 is 1.20. The maximum atomic E-state index is 13.6. The second-order valence-electron chi connectivity index (χ2n) is 4.50. The number of nitrogens with zero attached hydrogens (tertiary/aromatic N) is 1. The van der Waals surface area contributed by atoms with Crippen LogP contribution in [0.1, 0.15) is 6.92 Å². The molecule has 0 bridgehead atoms. The van der Waals surface area contributed by atoms with Crippen molar-refractivity contribution in [3.05, 3.63) is 24.0 Å². The van der Waals surface area contributed by atoms with Crippen molar-refractivity contribution in [3.8, 4) is 0 Å². The quantitative estimate of drug-likeness (QED) is 0.678. The van der Waals surface area contributed by atoms with Gasteiger partial charge in [-0.15, -0.1) is 11.8 Å². The largest absolute Gasteiger partial charge is 0.399 e. The van der Waals surface area contributed by atoms with E-state index in [2.05, 4.69) is 0 Å². The Labute approximate surface area is 116 Å². The number of anilines is 1. The van der Waals surface area contributed by atoms with Crippen molar-refractivity contribution in [2.75, 3.05) is 31.2 Å². The lowest BCUT2D eigenvalue weighted by Crippen LogP contribution is -2.45. The monoisotopic (exact) mass is 284 g/mol. The average molecular weight is 284 g/mol. The molecule has 0 spiro atoms. The van der Waals surface area contributed by atoms with Crippen LogP contribution in [0.25, 0.3) is 0 Å². The van der Waals surface area contributed by atoms with Gasteiger partial charge >= 0.3 is 0 Å². The third-order valence-electron chi connectivity index (χ3n) is 2.90. The van der Waals surface area contributed by atoms with E-state index in [0.29, 0.717) is 30.3 Å². The number of carbonyl (C=O) groups excluding carboxylic acids is 1. The zero-order valence-corrected chi connectivity index (χ0v) is 11.6. The first-order chi connectivity index (χ1) is 9.06. The Balaban J connectivity index is 1.89. The van der Waals surface area contributed by atoms with Gasteiger partial charge in [-0.05, 0) is 25.1 Å². The van der Waals surface area contributed by atoms with Gasteiger partial charge in [-0.25, -0.2) is 4.39 Å². The summed E-state index contributed by atoms with van der Waals surface area (Å²) in [6, 6.07) is 4.50. The molecule has 0 aromatic heterocycles. The van der Waals surface area contributed by atoms with Crippen molar-refractivity contribution in [2.24, 2.45) is 0 Å². The molecule has 1 unspecified atom stereocenters. The van der Waals surface area contributed by atoms with Gasteiger partial charge in [0, 0.05) is 23.7 Å². The summed E-state index contributed by atoms with van der Waals surface area (Å²) in [6.07, 6.45) is 0.0657. The summed E-state index contributed by atoms with van der Waals surface area (Å²) in [5.74, 6) is -0.141. The molecule has 2 rings (SSSR count). The number of benzene rings is 1. The van der Waals surface area contributed by atoms with Crippen LogP contribution in [0.5, 0.6) is 0 Å². The predicted octanol–water partition coefficient (Wildman–Crippen LogP) is 1.75. The Morgan fingerprint density at radius 3 is 3.11 bits per heavy atom. The van der Waals surface area contributed by atoms with Crippen molar-refractivity contribution < 1.29 is 13.9 Å². The fourth-order valence-electron chi connectivity index (χ4n) is 1.91. The lowest BCUT2D eigenvalue weighted by atomic mass is 10.3. The standard InChI is InChI=1S/C13H17FN2O2S/c1-9-7-16(4-5-18-9)13(17)8-19-12-3-2-10(15)6-11(12)14/h2-3,6,9H,4-5,7-8,15H2,1H3. The van der Waals surface area contributed by atoms with Crippen LogP contribution >= 0.6 is 11.8 Å². The average Bonchev–Trinajstić information content (AvgIpc) is 2.37. The first-order valence-electron chi connectivity index (χ1n) is 6.13. The van der Waals surface area contributed by atoms with Gasteiger partial charge in [0.05, 0.1) is 18.5 Å². The normalized spacial score (nSPS) is 19.5. The number of hydrogen-bond acceptors (Lipinski definition) is 4. The van der Waals surface area contributed by atoms with Crippen molar-refractivity contribution in [3.63, 3.8) is 0 Å². The molecule has 1 fully saturated rings. The molecule has 1 heterocycles. The first-order valence-corrected chi connectivity index (χ1v) is 7.12. The summed E-state index contributed by atoms with van der Waals surface area (Å²) in [6.45, 7) is 3.71. The Morgan fingerprint density at radius 1 is 1.63 bits per heavy atom. The summed E-state index contributed by atoms with van der Waals surface area (Å²) in [7, 11) is 0. The van der Waals surface area contributed by atoms with Crippen molar-refractivity contribution in [1.82, 2.24) is 4.90 Å². The molecule has 104 valence electrons. The molecule has 0 aliphatic carbocycles. The fourth-order valence-corrected chi connectivity index (χ4v) is 2.73. The third kappa shape index (κ3) is 3.84. The molecule has 1 aliphatic rings. The van der Waals surface area contributed by atoms with Crippen LogP contribution in [0.4, 0.5) is 10.1 Å². The van der Waals surface area contributed by atoms with Crippen LogP contribution in [0.2, 0.25) is 0 Å². The zero-order chi connectivity index (χ0) is 13.8. The molecule has 1 amide bonds. The van der Waals surface area contributed by atoms with E-state index in [1.807, 2.05) is 6.92 Å². The Hall–Kier alpha value is -1.27. The second kappa shape index (κ2) is 6.25. The number of hydrogen-bond donors (Lipinski definition) is 1. The molecule has 4 nitrogen and oxygen atoms in total.